The van der Waals surface area contributed by atoms with Crippen molar-refractivity contribution < 1.29 is 27.8 Å². The second kappa shape index (κ2) is 14.4. The highest BCUT2D eigenvalue weighted by molar-refractivity contribution is 5.89. The van der Waals surface area contributed by atoms with Crippen LogP contribution in [0.25, 0.3) is 0 Å². The van der Waals surface area contributed by atoms with E-state index in [0.29, 0.717) is 43.9 Å². The largest absolute Gasteiger partial charge is 0.444 e. The van der Waals surface area contributed by atoms with Gasteiger partial charge in [0.2, 0.25) is 0 Å². The Hall–Kier alpha value is -4.02. The van der Waals surface area contributed by atoms with E-state index in [-0.39, 0.29) is 17.7 Å². The van der Waals surface area contributed by atoms with Gasteiger partial charge in [-0.15, -0.1) is 0 Å². The van der Waals surface area contributed by atoms with Crippen molar-refractivity contribution in [2.45, 2.75) is 84.7 Å². The van der Waals surface area contributed by atoms with Gasteiger partial charge in [0.25, 0.3) is 0 Å². The van der Waals surface area contributed by atoms with E-state index in [9.17, 15) is 18.4 Å². The average molecular weight is 623 g/mol. The second-order valence-electron chi connectivity index (χ2n) is 13.4. The average Bonchev–Trinajstić information content (AvgIpc) is 2.90. The molecule has 0 saturated carbocycles. The predicted octanol–water partition coefficient (Wildman–Crippen LogP) is 7.42. The number of nitrogens with zero attached hydrogens (tertiary/aromatic N) is 1. The lowest BCUT2D eigenvalue weighted by Crippen LogP contribution is -2.44. The van der Waals surface area contributed by atoms with E-state index in [1.807, 2.05) is 18.2 Å². The molecule has 0 aromatic heterocycles. The first-order valence-corrected chi connectivity index (χ1v) is 15.2. The first-order valence-electron chi connectivity index (χ1n) is 15.2. The number of fused-ring (bicyclic) bond motifs is 1. The highest BCUT2D eigenvalue weighted by atomic mass is 19.1. The molecule has 1 aliphatic rings. The maximum Gasteiger partial charge on any atom is 0.412 e. The second-order valence-corrected chi connectivity index (χ2v) is 13.4. The third kappa shape index (κ3) is 11.1. The molecule has 0 saturated heterocycles. The van der Waals surface area contributed by atoms with Crippen LogP contribution in [0.2, 0.25) is 0 Å². The van der Waals surface area contributed by atoms with Gasteiger partial charge in [-0.25, -0.2) is 18.4 Å². The zero-order chi connectivity index (χ0) is 32.8. The molecule has 0 radical (unpaired) electrons. The summed E-state index contributed by atoms with van der Waals surface area (Å²) in [5.41, 5.74) is 3.56. The molecule has 0 bridgehead atoms. The van der Waals surface area contributed by atoms with Crippen LogP contribution >= 0.6 is 0 Å². The molecule has 8 nitrogen and oxygen atoms in total. The van der Waals surface area contributed by atoms with Gasteiger partial charge in [0.1, 0.15) is 22.8 Å². The number of nitrogens with one attached hydrogen (secondary N) is 3. The van der Waals surface area contributed by atoms with E-state index in [1.165, 1.54) is 18.2 Å². The van der Waals surface area contributed by atoms with Gasteiger partial charge in [0.15, 0.2) is 0 Å². The Labute approximate surface area is 264 Å². The number of hydrogen-bond acceptors (Lipinski definition) is 6. The van der Waals surface area contributed by atoms with E-state index in [0.717, 1.165) is 28.8 Å². The lowest BCUT2D eigenvalue weighted by atomic mass is 9.90. The Kier molecular flexibility index (Phi) is 10.8. The van der Waals surface area contributed by atoms with Gasteiger partial charge in [0.05, 0.1) is 0 Å². The number of ether oxygens (including phenoxy) is 2. The number of amides is 2. The quantitative estimate of drug-likeness (QED) is 0.215. The summed E-state index contributed by atoms with van der Waals surface area (Å²) in [6.45, 7) is 13.2. The molecule has 3 N–H and O–H groups in total. The molecule has 0 spiro atoms. The number of rotatable bonds is 9. The SMILES string of the molecule is CC(C)(C)OC(=O)Nc1cc(CNCCN2Cc3ccc(F)cc3CC2Cc2ccc(F)cc2)cc(NC(=O)OC(C)(C)C)c1. The lowest BCUT2D eigenvalue weighted by molar-refractivity contribution is 0.0625. The van der Waals surface area contributed by atoms with Crippen molar-refractivity contribution >= 4 is 23.6 Å². The number of hydrogen-bond donors (Lipinski definition) is 3. The standard InChI is InChI=1S/C35H44F2N4O4/c1-34(2,3)44-32(42)39-29-15-24(16-30(20-29)40-33(43)45-35(4,5)6)21-38-13-14-41-22-25-9-12-28(37)18-26(25)19-31(41)17-23-7-10-27(36)11-8-23/h7-12,15-16,18,20,31,38H,13-14,17,19,21-22H2,1-6H3,(H,39,42)(H,40,43). The normalized spacial score (nSPS) is 15.2. The number of halogens is 2. The van der Waals surface area contributed by atoms with Crippen molar-refractivity contribution in [1.29, 1.82) is 0 Å². The van der Waals surface area contributed by atoms with Crippen LogP contribution in [0, 0.1) is 11.6 Å². The molecule has 0 aliphatic carbocycles. The summed E-state index contributed by atoms with van der Waals surface area (Å²) in [5, 5.41) is 8.97. The van der Waals surface area contributed by atoms with Crippen molar-refractivity contribution in [2.24, 2.45) is 0 Å². The summed E-state index contributed by atoms with van der Waals surface area (Å²) >= 11 is 0. The van der Waals surface area contributed by atoms with Crippen molar-refractivity contribution in [2.75, 3.05) is 23.7 Å². The summed E-state index contributed by atoms with van der Waals surface area (Å²) in [4.78, 5) is 27.3. The van der Waals surface area contributed by atoms with Crippen LogP contribution in [0.5, 0.6) is 0 Å². The van der Waals surface area contributed by atoms with E-state index in [4.69, 9.17) is 9.47 Å². The minimum atomic E-state index is -0.668. The first-order chi connectivity index (χ1) is 21.1. The van der Waals surface area contributed by atoms with Crippen molar-refractivity contribution in [3.8, 4) is 0 Å². The Morgan fingerprint density at radius 1 is 0.778 bits per heavy atom. The van der Waals surface area contributed by atoms with Gasteiger partial charge >= 0.3 is 12.2 Å². The summed E-state index contributed by atoms with van der Waals surface area (Å²) in [6, 6.07) is 16.9. The van der Waals surface area contributed by atoms with Gasteiger partial charge in [-0.3, -0.25) is 15.5 Å². The van der Waals surface area contributed by atoms with Gasteiger partial charge in [-0.05, 0) is 119 Å². The van der Waals surface area contributed by atoms with Gasteiger partial charge in [-0.2, -0.15) is 0 Å². The van der Waals surface area contributed by atoms with E-state index >= 15 is 0 Å². The van der Waals surface area contributed by atoms with Gasteiger partial charge < -0.3 is 14.8 Å². The van der Waals surface area contributed by atoms with Crippen LogP contribution in [-0.2, 0) is 35.4 Å². The summed E-state index contributed by atoms with van der Waals surface area (Å²) < 4.78 is 38.3. The molecular weight excluding hydrogens is 578 g/mol. The van der Waals surface area contributed by atoms with E-state index in [2.05, 4.69) is 20.9 Å². The zero-order valence-corrected chi connectivity index (χ0v) is 26.9. The molecular formula is C35H44F2N4O4. The molecule has 3 aromatic carbocycles. The summed E-state index contributed by atoms with van der Waals surface area (Å²) in [5.74, 6) is -0.515. The number of carbonyl (C=O) groups is 2. The fourth-order valence-corrected chi connectivity index (χ4v) is 5.26. The Bertz CT molecular complexity index is 1430. The summed E-state index contributed by atoms with van der Waals surface area (Å²) in [7, 11) is 0. The van der Waals surface area contributed by atoms with Crippen LogP contribution in [0.1, 0.15) is 63.8 Å². The topological polar surface area (TPSA) is 91.9 Å². The molecule has 1 unspecified atom stereocenters. The van der Waals surface area contributed by atoms with Crippen molar-refractivity contribution in [1.82, 2.24) is 10.2 Å². The minimum absolute atomic E-state index is 0.123. The van der Waals surface area contributed by atoms with E-state index in [1.54, 1.807) is 65.8 Å². The molecule has 242 valence electrons. The molecule has 45 heavy (non-hydrogen) atoms. The Balaban J connectivity index is 1.44. The lowest BCUT2D eigenvalue weighted by Gasteiger charge is -2.37. The molecule has 3 aromatic rings. The van der Waals surface area contributed by atoms with Crippen LogP contribution in [0.15, 0.2) is 60.7 Å². The molecule has 1 heterocycles. The summed E-state index contributed by atoms with van der Waals surface area (Å²) in [6.07, 6.45) is 0.207. The number of benzene rings is 3. The molecule has 1 aliphatic heterocycles. The molecule has 1 atom stereocenters. The number of anilines is 2. The van der Waals surface area contributed by atoms with E-state index < -0.39 is 23.4 Å². The molecule has 0 fully saturated rings. The molecule has 2 amide bonds. The van der Waals surface area contributed by atoms with Crippen LogP contribution < -0.4 is 16.0 Å². The Morgan fingerprint density at radius 3 is 1.93 bits per heavy atom. The molecule has 10 heteroatoms. The molecule has 4 rings (SSSR count). The maximum atomic E-state index is 14.0. The highest BCUT2D eigenvalue weighted by Crippen LogP contribution is 2.27. The van der Waals surface area contributed by atoms with Crippen LogP contribution in [0.4, 0.5) is 29.7 Å². The highest BCUT2D eigenvalue weighted by Gasteiger charge is 2.26. The predicted molar refractivity (Wildman–Crippen MR) is 172 cm³/mol. The van der Waals surface area contributed by atoms with Gasteiger partial charge in [0, 0.05) is 43.6 Å². The van der Waals surface area contributed by atoms with Crippen molar-refractivity contribution in [3.63, 3.8) is 0 Å². The monoisotopic (exact) mass is 622 g/mol. The van der Waals surface area contributed by atoms with Crippen LogP contribution in [-0.4, -0.2) is 47.4 Å². The maximum absolute atomic E-state index is 14.0. The first kappa shape index (κ1) is 33.9. The fraction of sp³-hybridized carbons (Fsp3) is 0.429. The minimum Gasteiger partial charge on any atom is -0.444 e. The van der Waals surface area contributed by atoms with Gasteiger partial charge in [-0.1, -0.05) is 18.2 Å². The third-order valence-electron chi connectivity index (χ3n) is 7.09. The fourth-order valence-electron chi connectivity index (χ4n) is 5.26. The Morgan fingerprint density at radius 2 is 1.36 bits per heavy atom. The zero-order valence-electron chi connectivity index (χ0n) is 26.9. The van der Waals surface area contributed by atoms with Crippen LogP contribution in [0.3, 0.4) is 0 Å². The smallest absolute Gasteiger partial charge is 0.412 e. The van der Waals surface area contributed by atoms with Crippen molar-refractivity contribution in [3.05, 3.63) is 94.6 Å². The number of carbonyl (C=O) groups excluding carboxylic acids is 2. The third-order valence-corrected chi connectivity index (χ3v) is 7.09.